The molecule has 12 heteroatoms. The molecule has 0 aromatic heterocycles. The summed E-state index contributed by atoms with van der Waals surface area (Å²) in [7, 11) is 0. The number of ether oxygens (including phenoxy) is 1. The molecule has 0 fully saturated rings. The highest BCUT2D eigenvalue weighted by Crippen LogP contribution is 2.25. The van der Waals surface area contributed by atoms with E-state index in [1.165, 1.54) is 0 Å². The molecule has 0 heterocycles. The topological polar surface area (TPSA) is 168 Å². The summed E-state index contributed by atoms with van der Waals surface area (Å²) in [5.74, 6) is -3.82. The average Bonchev–Trinajstić information content (AvgIpc) is 2.57. The molecule has 0 aromatic carbocycles. The number of rotatable bonds is 12. The Labute approximate surface area is 161 Å². The molecule has 27 heavy (non-hydrogen) atoms. The van der Waals surface area contributed by atoms with Gasteiger partial charge in [-0.2, -0.15) is 0 Å². The predicted octanol–water partition coefficient (Wildman–Crippen LogP) is -1.53. The smallest absolute Gasteiger partial charge is 0.306 e. The van der Waals surface area contributed by atoms with E-state index in [2.05, 4.69) is 10.6 Å². The number of nitrogens with two attached hydrogens (primary N) is 1. The lowest BCUT2D eigenvalue weighted by molar-refractivity contribution is -0.146. The van der Waals surface area contributed by atoms with Crippen LogP contribution in [-0.4, -0.2) is 76.7 Å². The van der Waals surface area contributed by atoms with Crippen molar-refractivity contribution in [1.82, 2.24) is 15.5 Å². The number of nitrogens with zero attached hydrogens (tertiary/aromatic N) is 1. The lowest BCUT2D eigenvalue weighted by atomic mass is 10.3. The number of imide groups is 1. The predicted molar refractivity (Wildman–Crippen MR) is 97.3 cm³/mol. The lowest BCUT2D eigenvalue weighted by Gasteiger charge is -2.29. The molecule has 0 saturated carbocycles. The molecule has 0 spiro atoms. The second kappa shape index (κ2) is 13.1. The Kier molecular flexibility index (Phi) is 12.0. The number of aliphatic carboxylic acids is 1. The highest BCUT2D eigenvalue weighted by molar-refractivity contribution is 8.00. The summed E-state index contributed by atoms with van der Waals surface area (Å²) in [5, 5.41) is 12.6. The van der Waals surface area contributed by atoms with Crippen LogP contribution < -0.4 is 16.4 Å². The van der Waals surface area contributed by atoms with Crippen LogP contribution >= 0.6 is 11.8 Å². The van der Waals surface area contributed by atoms with Gasteiger partial charge in [-0.1, -0.05) is 0 Å². The van der Waals surface area contributed by atoms with Crippen molar-refractivity contribution < 1.29 is 33.8 Å². The van der Waals surface area contributed by atoms with E-state index >= 15 is 0 Å². The molecule has 1 unspecified atom stereocenters. The van der Waals surface area contributed by atoms with Gasteiger partial charge in [0.05, 0.1) is 31.4 Å². The fourth-order valence-electron chi connectivity index (χ4n) is 1.96. The number of carboxylic acid groups (broad SMARTS) is 1. The summed E-state index contributed by atoms with van der Waals surface area (Å²) in [5.41, 5.74) is 4.64. The molecule has 0 radical (unpaired) electrons. The van der Waals surface area contributed by atoms with Gasteiger partial charge in [0, 0.05) is 13.5 Å². The molecule has 0 aliphatic rings. The first-order valence-electron chi connectivity index (χ1n) is 8.17. The first-order chi connectivity index (χ1) is 12.6. The Bertz CT molecular complexity index is 558. The van der Waals surface area contributed by atoms with Crippen LogP contribution in [0.5, 0.6) is 0 Å². The fraction of sp³-hybridized carbons (Fsp3) is 0.667. The largest absolute Gasteiger partial charge is 0.481 e. The minimum absolute atomic E-state index is 0.281. The van der Waals surface area contributed by atoms with E-state index in [-0.39, 0.29) is 13.1 Å². The monoisotopic (exact) mass is 406 g/mol. The first-order valence-corrected chi connectivity index (χ1v) is 9.11. The molecule has 4 amide bonds. The van der Waals surface area contributed by atoms with Crippen molar-refractivity contribution in [2.24, 2.45) is 5.73 Å². The molecular weight excluding hydrogens is 380 g/mol. The third-order valence-electron chi connectivity index (χ3n) is 3.06. The van der Waals surface area contributed by atoms with Gasteiger partial charge in [-0.15, -0.1) is 11.8 Å². The van der Waals surface area contributed by atoms with Crippen LogP contribution in [0, 0.1) is 0 Å². The summed E-state index contributed by atoms with van der Waals surface area (Å²) < 4.78 is 5.33. The quantitative estimate of drug-likeness (QED) is 0.281. The Balaban J connectivity index is 4.98. The van der Waals surface area contributed by atoms with E-state index in [1.54, 1.807) is 13.8 Å². The van der Waals surface area contributed by atoms with Crippen molar-refractivity contribution in [2.45, 2.75) is 38.0 Å². The van der Waals surface area contributed by atoms with Crippen LogP contribution in [0.4, 0.5) is 0 Å². The van der Waals surface area contributed by atoms with E-state index in [4.69, 9.17) is 15.6 Å². The maximum Gasteiger partial charge on any atom is 0.306 e. The SMILES string of the molecule is CCOC(C)S[C@H](CC(=O)O)N(C(C)=O)C(=O)CNC(=O)CNC(=O)CN. The number of nitrogens with one attached hydrogen (secondary N) is 2. The van der Waals surface area contributed by atoms with Crippen LogP contribution in [0.1, 0.15) is 27.2 Å². The zero-order chi connectivity index (χ0) is 21.0. The second-order valence-electron chi connectivity index (χ2n) is 5.25. The molecule has 0 aliphatic carbocycles. The Hall–Kier alpha value is -2.18. The number of carbonyl (C=O) groups is 5. The van der Waals surface area contributed by atoms with Crippen LogP contribution in [0.3, 0.4) is 0 Å². The molecular formula is C15H26N4O7S. The minimum atomic E-state index is -1.19. The molecule has 0 aliphatic heterocycles. The van der Waals surface area contributed by atoms with E-state index in [0.29, 0.717) is 6.61 Å². The van der Waals surface area contributed by atoms with E-state index < -0.39 is 53.4 Å². The normalized spacial score (nSPS) is 12.6. The zero-order valence-corrected chi connectivity index (χ0v) is 16.3. The molecule has 11 nitrogen and oxygen atoms in total. The van der Waals surface area contributed by atoms with E-state index in [0.717, 1.165) is 23.6 Å². The van der Waals surface area contributed by atoms with Crippen molar-refractivity contribution in [3.63, 3.8) is 0 Å². The summed E-state index contributed by atoms with van der Waals surface area (Å²) >= 11 is 1.01. The van der Waals surface area contributed by atoms with Crippen LogP contribution in [0.25, 0.3) is 0 Å². The van der Waals surface area contributed by atoms with Gasteiger partial charge in [0.25, 0.3) is 0 Å². The Morgan fingerprint density at radius 1 is 1.15 bits per heavy atom. The number of carboxylic acids is 1. The fourth-order valence-corrected chi connectivity index (χ4v) is 3.24. The first kappa shape index (κ1) is 24.8. The summed E-state index contributed by atoms with van der Waals surface area (Å²) in [6.45, 7) is 3.75. The van der Waals surface area contributed by atoms with Crippen molar-refractivity contribution in [2.75, 3.05) is 26.2 Å². The zero-order valence-electron chi connectivity index (χ0n) is 15.5. The summed E-state index contributed by atoms with van der Waals surface area (Å²) in [6.07, 6.45) is -0.478. The van der Waals surface area contributed by atoms with Crippen LogP contribution in [-0.2, 0) is 28.7 Å². The molecule has 5 N–H and O–H groups in total. The van der Waals surface area contributed by atoms with Gasteiger partial charge in [0.1, 0.15) is 5.44 Å². The average molecular weight is 406 g/mol. The molecule has 0 bridgehead atoms. The Morgan fingerprint density at radius 3 is 2.22 bits per heavy atom. The third-order valence-corrected chi connectivity index (χ3v) is 4.27. The van der Waals surface area contributed by atoms with E-state index in [1.807, 2.05) is 0 Å². The van der Waals surface area contributed by atoms with Gasteiger partial charge < -0.3 is 26.2 Å². The van der Waals surface area contributed by atoms with Gasteiger partial charge in [-0.05, 0) is 13.8 Å². The third kappa shape index (κ3) is 10.5. The summed E-state index contributed by atoms with van der Waals surface area (Å²) in [6, 6.07) is 0. The Morgan fingerprint density at radius 2 is 1.74 bits per heavy atom. The standard InChI is InChI=1S/C15H26N4O7S/c1-4-26-10(3)27-14(5-15(24)25)19(9(2)20)13(23)8-18-12(22)7-17-11(21)6-16/h10,14H,4-8,16H2,1-3H3,(H,17,21)(H,18,22)(H,24,25)/t10?,14-/m1/s1. The maximum absolute atomic E-state index is 12.4. The molecule has 0 rings (SSSR count). The highest BCUT2D eigenvalue weighted by atomic mass is 32.2. The van der Waals surface area contributed by atoms with Crippen molar-refractivity contribution in [3.8, 4) is 0 Å². The molecule has 2 atom stereocenters. The van der Waals surface area contributed by atoms with Crippen molar-refractivity contribution in [3.05, 3.63) is 0 Å². The van der Waals surface area contributed by atoms with Crippen molar-refractivity contribution >= 4 is 41.4 Å². The van der Waals surface area contributed by atoms with E-state index in [9.17, 15) is 24.0 Å². The number of thioether (sulfide) groups is 1. The number of carbonyl (C=O) groups excluding carboxylic acids is 4. The van der Waals surface area contributed by atoms with Crippen LogP contribution in [0.15, 0.2) is 0 Å². The number of hydrogen-bond acceptors (Lipinski definition) is 8. The van der Waals surface area contributed by atoms with Gasteiger partial charge in [0.2, 0.25) is 23.6 Å². The van der Waals surface area contributed by atoms with Gasteiger partial charge in [-0.3, -0.25) is 28.9 Å². The molecule has 0 aromatic rings. The van der Waals surface area contributed by atoms with Crippen LogP contribution in [0.2, 0.25) is 0 Å². The van der Waals surface area contributed by atoms with Gasteiger partial charge >= 0.3 is 5.97 Å². The summed E-state index contributed by atoms with van der Waals surface area (Å²) in [4.78, 5) is 58.8. The second-order valence-corrected chi connectivity index (χ2v) is 6.73. The molecule has 154 valence electrons. The number of amides is 4. The number of hydrogen-bond donors (Lipinski definition) is 4. The minimum Gasteiger partial charge on any atom is -0.481 e. The molecule has 0 saturated heterocycles. The van der Waals surface area contributed by atoms with Gasteiger partial charge in [0.15, 0.2) is 0 Å². The lowest BCUT2D eigenvalue weighted by Crippen LogP contribution is -2.49. The maximum atomic E-state index is 12.4. The highest BCUT2D eigenvalue weighted by Gasteiger charge is 2.31. The van der Waals surface area contributed by atoms with Gasteiger partial charge in [-0.25, -0.2) is 0 Å². The van der Waals surface area contributed by atoms with Crippen molar-refractivity contribution in [1.29, 1.82) is 0 Å².